The molecule has 0 aliphatic heterocycles. The molecule has 0 aliphatic carbocycles. The first kappa shape index (κ1) is 15.2. The van der Waals surface area contributed by atoms with Crippen molar-refractivity contribution < 1.29 is 64.6 Å². The zero-order valence-corrected chi connectivity index (χ0v) is 12.5. The summed E-state index contributed by atoms with van der Waals surface area (Å²) in [4.78, 5) is 10.7. The molecule has 0 aliphatic rings. The molecule has 1 aromatic carbocycles. The van der Waals surface area contributed by atoms with Gasteiger partial charge < -0.3 is 5.32 Å². The van der Waals surface area contributed by atoms with Crippen molar-refractivity contribution in [3.8, 4) is 0 Å². The molecule has 0 bridgehead atoms. The van der Waals surface area contributed by atoms with Crippen molar-refractivity contribution >= 4 is 21.6 Å². The second kappa shape index (κ2) is 6.09. The number of benzene rings is 1. The van der Waals surface area contributed by atoms with Gasteiger partial charge in [-0.3, -0.25) is 4.79 Å². The molecule has 0 heterocycles. The zero-order chi connectivity index (χ0) is 10.8. The molecule has 0 unspecified atom stereocenters. The summed E-state index contributed by atoms with van der Waals surface area (Å²) < 4.78 is 21.7. The summed E-state index contributed by atoms with van der Waals surface area (Å²) in [6.07, 6.45) is 0. The van der Waals surface area contributed by atoms with Crippen LogP contribution in [0.1, 0.15) is 6.92 Å². The Hall–Kier alpha value is 0.236. The maximum absolute atomic E-state index is 10.9. The number of carbonyl (C=O) groups excluding carboxylic acids is 1. The van der Waals surface area contributed by atoms with Crippen LogP contribution in [0.3, 0.4) is 0 Å². The second-order valence-corrected chi connectivity index (χ2v) is 4.31. The average Bonchev–Trinajstić information content (AvgIpc) is 2.02. The molecule has 0 spiro atoms. The minimum absolute atomic E-state index is 0. The minimum atomic E-state index is -3.66. The van der Waals surface area contributed by atoms with Gasteiger partial charge in [0.1, 0.15) is 0 Å². The van der Waals surface area contributed by atoms with E-state index in [0.717, 1.165) is 0 Å². The molecule has 0 fully saturated rings. The number of hydrogen-bond donors (Lipinski definition) is 2. The van der Waals surface area contributed by atoms with Gasteiger partial charge >= 0.3 is 51.4 Å². The molecule has 3 N–H and O–H groups in total. The van der Waals surface area contributed by atoms with Gasteiger partial charge in [0, 0.05) is 12.6 Å². The number of sulfonamides is 1. The number of amides is 1. The van der Waals surface area contributed by atoms with Gasteiger partial charge in [0.05, 0.1) is 4.90 Å². The molecule has 0 saturated heterocycles. The van der Waals surface area contributed by atoms with Gasteiger partial charge in [0.2, 0.25) is 15.9 Å². The van der Waals surface area contributed by atoms with E-state index in [1.165, 1.54) is 31.2 Å². The van der Waals surface area contributed by atoms with Crippen LogP contribution in [0.2, 0.25) is 0 Å². The number of nitrogens with one attached hydrogen (secondary N) is 1. The summed E-state index contributed by atoms with van der Waals surface area (Å²) in [6, 6.07) is 5.61. The summed E-state index contributed by atoms with van der Waals surface area (Å²) in [5, 5.41) is 7.40. The molecule has 7 heteroatoms. The van der Waals surface area contributed by atoms with Crippen molar-refractivity contribution in [2.45, 2.75) is 11.8 Å². The molecule has 5 nitrogen and oxygen atoms in total. The Bertz CT molecular complexity index is 441. The van der Waals surface area contributed by atoms with E-state index < -0.39 is 10.0 Å². The monoisotopic (exact) mass is 253 g/mol. The molecule has 1 aromatic rings. The summed E-state index contributed by atoms with van der Waals surface area (Å²) in [7, 11) is -3.66. The van der Waals surface area contributed by atoms with Crippen molar-refractivity contribution in [2.75, 3.05) is 5.32 Å². The number of rotatable bonds is 2. The van der Waals surface area contributed by atoms with Gasteiger partial charge in [-0.1, -0.05) is 0 Å². The Morgan fingerprint density at radius 3 is 2.07 bits per heavy atom. The largest absolute Gasteiger partial charge is 1.00 e. The van der Waals surface area contributed by atoms with Crippen molar-refractivity contribution in [3.63, 3.8) is 0 Å². The Labute approximate surface area is 131 Å². The summed E-state index contributed by atoms with van der Waals surface area (Å²) in [5.41, 5.74) is 0.532. The van der Waals surface area contributed by atoms with E-state index in [0.29, 0.717) is 5.69 Å². The van der Waals surface area contributed by atoms with Crippen LogP contribution >= 0.6 is 0 Å². The van der Waals surface area contributed by atoms with Crippen LogP contribution in [0.4, 0.5) is 5.69 Å². The number of anilines is 1. The van der Waals surface area contributed by atoms with Gasteiger partial charge in [-0.15, -0.1) is 0 Å². The Morgan fingerprint density at radius 2 is 1.73 bits per heavy atom. The minimum Gasteiger partial charge on any atom is -0.326 e. The van der Waals surface area contributed by atoms with E-state index in [2.05, 4.69) is 5.32 Å². The first-order valence-corrected chi connectivity index (χ1v) is 5.34. The van der Waals surface area contributed by atoms with Crippen LogP contribution in [0.25, 0.3) is 0 Å². The molecule has 0 atom stereocenters. The molecule has 0 aromatic heterocycles. The smallest absolute Gasteiger partial charge is 0.326 e. The van der Waals surface area contributed by atoms with Crippen LogP contribution in [0.15, 0.2) is 29.2 Å². The summed E-state index contributed by atoms with van der Waals surface area (Å²) in [6.45, 7) is 1.37. The van der Waals surface area contributed by atoms with Crippen LogP contribution < -0.4 is 61.8 Å². The molecular weight excluding hydrogens is 243 g/mol. The number of carbonyl (C=O) groups is 1. The third-order valence-electron chi connectivity index (χ3n) is 1.50. The van der Waals surface area contributed by atoms with E-state index in [-0.39, 0.29) is 62.2 Å². The van der Waals surface area contributed by atoms with Gasteiger partial charge in [-0.25, -0.2) is 13.6 Å². The Kier molecular flexibility index (Phi) is 6.19. The number of nitrogens with two attached hydrogens (primary N) is 1. The zero-order valence-electron chi connectivity index (χ0n) is 8.52. The average molecular weight is 253 g/mol. The van der Waals surface area contributed by atoms with E-state index in [9.17, 15) is 13.2 Å². The third kappa shape index (κ3) is 5.21. The standard InChI is InChI=1S/C8H10N2O3S.K/c1-6(11)10-7-2-4-8(5-3-7)14(9,12)13;/h2-5H,1H3,(H,10,11)(H2,9,12,13);/q;+1. The van der Waals surface area contributed by atoms with E-state index >= 15 is 0 Å². The number of primary sulfonamides is 1. The first-order valence-electron chi connectivity index (χ1n) is 3.80. The van der Waals surface area contributed by atoms with Gasteiger partial charge in [-0.2, -0.15) is 0 Å². The van der Waals surface area contributed by atoms with Crippen LogP contribution in [-0.4, -0.2) is 14.3 Å². The topological polar surface area (TPSA) is 89.3 Å². The van der Waals surface area contributed by atoms with Crippen LogP contribution in [0, 0.1) is 0 Å². The molecule has 1 rings (SSSR count). The fourth-order valence-corrected chi connectivity index (χ4v) is 1.45. The molecule has 0 radical (unpaired) electrons. The predicted molar refractivity (Wildman–Crippen MR) is 52.1 cm³/mol. The van der Waals surface area contributed by atoms with E-state index in [4.69, 9.17) is 5.14 Å². The molecule has 15 heavy (non-hydrogen) atoms. The maximum Gasteiger partial charge on any atom is 1.00 e. The van der Waals surface area contributed by atoms with Gasteiger partial charge in [0.25, 0.3) is 0 Å². The second-order valence-electron chi connectivity index (χ2n) is 2.75. The maximum atomic E-state index is 10.9. The van der Waals surface area contributed by atoms with Crippen LogP contribution in [0.5, 0.6) is 0 Å². The Balaban J connectivity index is 0.00000196. The quantitative estimate of drug-likeness (QED) is 0.562. The molecule has 0 saturated carbocycles. The number of hydrogen-bond acceptors (Lipinski definition) is 3. The normalized spacial score (nSPS) is 10.3. The van der Waals surface area contributed by atoms with Crippen molar-refractivity contribution in [3.05, 3.63) is 24.3 Å². The molecular formula is C8H10KN2O3S+. The summed E-state index contributed by atoms with van der Waals surface area (Å²) in [5.74, 6) is -0.214. The first-order chi connectivity index (χ1) is 6.39. The van der Waals surface area contributed by atoms with Gasteiger partial charge in [-0.05, 0) is 24.3 Å². The predicted octanol–water partition coefficient (Wildman–Crippen LogP) is -2.70. The molecule has 76 valence electrons. The summed E-state index contributed by atoms with van der Waals surface area (Å²) >= 11 is 0. The third-order valence-corrected chi connectivity index (χ3v) is 2.43. The van der Waals surface area contributed by atoms with E-state index in [1.54, 1.807) is 0 Å². The van der Waals surface area contributed by atoms with E-state index in [1.807, 2.05) is 0 Å². The molecule has 1 amide bonds. The SMILES string of the molecule is CC(=O)Nc1ccc(S(N)(=O)=O)cc1.[K+]. The van der Waals surface area contributed by atoms with Gasteiger partial charge in [0.15, 0.2) is 0 Å². The fourth-order valence-electron chi connectivity index (χ4n) is 0.931. The Morgan fingerprint density at radius 1 is 1.27 bits per heavy atom. The van der Waals surface area contributed by atoms with Crippen molar-refractivity contribution in [1.29, 1.82) is 0 Å². The van der Waals surface area contributed by atoms with Crippen molar-refractivity contribution in [1.82, 2.24) is 0 Å². The fraction of sp³-hybridized carbons (Fsp3) is 0.125. The van der Waals surface area contributed by atoms with Crippen molar-refractivity contribution in [2.24, 2.45) is 5.14 Å². The van der Waals surface area contributed by atoms with Crippen LogP contribution in [-0.2, 0) is 14.8 Å².